The number of nitrogens with zero attached hydrogens (tertiary/aromatic N) is 1. The van der Waals surface area contributed by atoms with E-state index in [1.165, 1.54) is 6.20 Å². The van der Waals surface area contributed by atoms with Crippen LogP contribution in [0.25, 0.3) is 0 Å². The minimum atomic E-state index is -0.571. The molecular formula is C15H14N2O2. The molecule has 1 aromatic heterocycles. The van der Waals surface area contributed by atoms with Gasteiger partial charge in [-0.1, -0.05) is 24.3 Å². The normalized spacial score (nSPS) is 20.9. The Labute approximate surface area is 111 Å². The van der Waals surface area contributed by atoms with E-state index in [1.54, 1.807) is 18.3 Å². The van der Waals surface area contributed by atoms with Gasteiger partial charge in [-0.25, -0.2) is 0 Å². The Kier molecular flexibility index (Phi) is 3.01. The second kappa shape index (κ2) is 4.82. The summed E-state index contributed by atoms with van der Waals surface area (Å²) >= 11 is 0. The predicted molar refractivity (Wildman–Crippen MR) is 70.6 cm³/mol. The van der Waals surface area contributed by atoms with Crippen molar-refractivity contribution in [1.82, 2.24) is 10.3 Å². The third kappa shape index (κ3) is 2.22. The van der Waals surface area contributed by atoms with Crippen molar-refractivity contribution in [1.29, 1.82) is 0 Å². The Morgan fingerprint density at radius 1 is 1.26 bits per heavy atom. The number of nitrogens with one attached hydrogen (secondary N) is 1. The van der Waals surface area contributed by atoms with E-state index in [1.807, 2.05) is 24.3 Å². The van der Waals surface area contributed by atoms with Gasteiger partial charge in [0, 0.05) is 18.8 Å². The van der Waals surface area contributed by atoms with Crippen molar-refractivity contribution in [3.63, 3.8) is 0 Å². The highest BCUT2D eigenvalue weighted by Gasteiger charge is 2.31. The lowest BCUT2D eigenvalue weighted by Gasteiger charge is -2.17. The zero-order chi connectivity index (χ0) is 13.2. The molecule has 2 aromatic rings. The van der Waals surface area contributed by atoms with Gasteiger partial charge in [0.25, 0.3) is 5.91 Å². The van der Waals surface area contributed by atoms with Gasteiger partial charge >= 0.3 is 0 Å². The summed E-state index contributed by atoms with van der Waals surface area (Å²) < 4.78 is 0. The summed E-state index contributed by atoms with van der Waals surface area (Å²) in [5.74, 6) is -0.214. The van der Waals surface area contributed by atoms with Crippen LogP contribution in [0.1, 0.15) is 27.5 Å². The summed E-state index contributed by atoms with van der Waals surface area (Å²) in [5.41, 5.74) is 2.58. The molecule has 0 aliphatic heterocycles. The van der Waals surface area contributed by atoms with Crippen molar-refractivity contribution < 1.29 is 9.90 Å². The lowest BCUT2D eigenvalue weighted by molar-refractivity contribution is 0.0858. The van der Waals surface area contributed by atoms with Gasteiger partial charge in [0.15, 0.2) is 0 Å². The second-order valence-electron chi connectivity index (χ2n) is 4.66. The number of amides is 1. The first kappa shape index (κ1) is 11.9. The van der Waals surface area contributed by atoms with E-state index in [0.29, 0.717) is 12.0 Å². The van der Waals surface area contributed by atoms with Gasteiger partial charge in [-0.05, 0) is 23.3 Å². The molecule has 0 fully saturated rings. The fourth-order valence-electron chi connectivity index (χ4n) is 2.47. The lowest BCUT2D eigenvalue weighted by atomic mass is 10.1. The summed E-state index contributed by atoms with van der Waals surface area (Å²) in [5, 5.41) is 12.9. The molecule has 1 aliphatic rings. The summed E-state index contributed by atoms with van der Waals surface area (Å²) in [7, 11) is 0. The fourth-order valence-corrected chi connectivity index (χ4v) is 2.47. The highest BCUT2D eigenvalue weighted by atomic mass is 16.3. The van der Waals surface area contributed by atoms with Crippen LogP contribution < -0.4 is 5.32 Å². The number of carbonyl (C=O) groups excluding carboxylic acids is 1. The smallest absolute Gasteiger partial charge is 0.253 e. The maximum atomic E-state index is 12.1. The van der Waals surface area contributed by atoms with Crippen LogP contribution in [0, 0.1) is 0 Å². The van der Waals surface area contributed by atoms with Crippen LogP contribution in [0.4, 0.5) is 0 Å². The molecule has 96 valence electrons. The first-order valence-corrected chi connectivity index (χ1v) is 6.22. The molecule has 2 atom stereocenters. The number of hydrogen-bond donors (Lipinski definition) is 2. The summed E-state index contributed by atoms with van der Waals surface area (Å²) in [4.78, 5) is 16.0. The number of hydrogen-bond acceptors (Lipinski definition) is 3. The minimum absolute atomic E-state index is 0.214. The van der Waals surface area contributed by atoms with Gasteiger partial charge in [0.1, 0.15) is 0 Å². The predicted octanol–water partition coefficient (Wildman–Crippen LogP) is 1.47. The first-order valence-electron chi connectivity index (χ1n) is 6.22. The molecule has 0 saturated heterocycles. The minimum Gasteiger partial charge on any atom is -0.390 e. The number of aromatic nitrogens is 1. The number of fused-ring (bicyclic) bond motifs is 1. The lowest BCUT2D eigenvalue weighted by Crippen LogP contribution is -2.33. The monoisotopic (exact) mass is 254 g/mol. The van der Waals surface area contributed by atoms with Crippen LogP contribution in [0.15, 0.2) is 48.8 Å². The molecule has 1 heterocycles. The van der Waals surface area contributed by atoms with Crippen LogP contribution in [0.2, 0.25) is 0 Å². The van der Waals surface area contributed by atoms with Gasteiger partial charge < -0.3 is 10.4 Å². The van der Waals surface area contributed by atoms with Crippen LogP contribution in [0.3, 0.4) is 0 Å². The van der Waals surface area contributed by atoms with Crippen LogP contribution >= 0.6 is 0 Å². The summed E-state index contributed by atoms with van der Waals surface area (Å²) in [6.07, 6.45) is 3.14. The van der Waals surface area contributed by atoms with Crippen molar-refractivity contribution in [3.05, 3.63) is 65.5 Å². The van der Waals surface area contributed by atoms with Gasteiger partial charge in [-0.3, -0.25) is 9.78 Å². The SMILES string of the molecule is O=C(N[C@@H]1c2ccccc2C[C@@H]1O)c1cccnc1. The molecule has 3 rings (SSSR count). The average molecular weight is 254 g/mol. The number of pyridine rings is 1. The Morgan fingerprint density at radius 2 is 2.11 bits per heavy atom. The highest BCUT2D eigenvalue weighted by Crippen LogP contribution is 2.31. The van der Waals surface area contributed by atoms with Crippen molar-refractivity contribution in [2.45, 2.75) is 18.6 Å². The molecule has 4 nitrogen and oxygen atoms in total. The molecule has 1 aromatic carbocycles. The zero-order valence-electron chi connectivity index (χ0n) is 10.3. The summed E-state index contributed by atoms with van der Waals surface area (Å²) in [6.45, 7) is 0. The number of rotatable bonds is 2. The van der Waals surface area contributed by atoms with Crippen molar-refractivity contribution >= 4 is 5.91 Å². The Bertz CT molecular complexity index is 598. The van der Waals surface area contributed by atoms with Crippen LogP contribution in [0.5, 0.6) is 0 Å². The van der Waals surface area contributed by atoms with E-state index < -0.39 is 6.10 Å². The van der Waals surface area contributed by atoms with E-state index in [9.17, 15) is 9.90 Å². The maximum absolute atomic E-state index is 12.1. The van der Waals surface area contributed by atoms with Crippen molar-refractivity contribution in [2.24, 2.45) is 0 Å². The van der Waals surface area contributed by atoms with Gasteiger partial charge in [0.05, 0.1) is 17.7 Å². The molecule has 1 amide bonds. The third-order valence-electron chi connectivity index (χ3n) is 3.41. The quantitative estimate of drug-likeness (QED) is 0.853. The fraction of sp³-hybridized carbons (Fsp3) is 0.200. The van der Waals surface area contributed by atoms with Crippen LogP contribution in [-0.2, 0) is 6.42 Å². The highest BCUT2D eigenvalue weighted by molar-refractivity contribution is 5.94. The van der Waals surface area contributed by atoms with E-state index in [0.717, 1.165) is 11.1 Å². The molecule has 0 saturated carbocycles. The topological polar surface area (TPSA) is 62.2 Å². The Hall–Kier alpha value is -2.20. The second-order valence-corrected chi connectivity index (χ2v) is 4.66. The van der Waals surface area contributed by atoms with E-state index in [-0.39, 0.29) is 11.9 Å². The number of carbonyl (C=O) groups is 1. The standard InChI is InChI=1S/C15H14N2O2/c18-13-8-10-4-1-2-6-12(10)14(13)17-15(19)11-5-3-7-16-9-11/h1-7,9,13-14,18H,8H2,(H,17,19)/t13-,14+/m0/s1. The van der Waals surface area contributed by atoms with E-state index >= 15 is 0 Å². The molecule has 19 heavy (non-hydrogen) atoms. The van der Waals surface area contributed by atoms with Gasteiger partial charge in [-0.15, -0.1) is 0 Å². The maximum Gasteiger partial charge on any atom is 0.253 e. The molecular weight excluding hydrogens is 240 g/mol. The Morgan fingerprint density at radius 3 is 2.89 bits per heavy atom. The molecule has 0 bridgehead atoms. The number of aliphatic hydroxyl groups excluding tert-OH is 1. The third-order valence-corrected chi connectivity index (χ3v) is 3.41. The van der Waals surface area contributed by atoms with Crippen molar-refractivity contribution in [2.75, 3.05) is 0 Å². The van der Waals surface area contributed by atoms with E-state index in [2.05, 4.69) is 10.3 Å². The molecule has 0 radical (unpaired) electrons. The molecule has 1 aliphatic carbocycles. The zero-order valence-corrected chi connectivity index (χ0v) is 10.3. The molecule has 0 spiro atoms. The van der Waals surface area contributed by atoms with Crippen LogP contribution in [-0.4, -0.2) is 22.1 Å². The number of benzene rings is 1. The largest absolute Gasteiger partial charge is 0.390 e. The average Bonchev–Trinajstić information content (AvgIpc) is 2.76. The Balaban J connectivity index is 1.82. The van der Waals surface area contributed by atoms with Gasteiger partial charge in [0.2, 0.25) is 0 Å². The summed E-state index contributed by atoms with van der Waals surface area (Å²) in [6, 6.07) is 10.9. The number of aliphatic hydroxyl groups is 1. The molecule has 4 heteroatoms. The molecule has 2 N–H and O–H groups in total. The first-order chi connectivity index (χ1) is 9.25. The van der Waals surface area contributed by atoms with Gasteiger partial charge in [-0.2, -0.15) is 0 Å². The van der Waals surface area contributed by atoms with Crippen molar-refractivity contribution in [3.8, 4) is 0 Å². The van der Waals surface area contributed by atoms with E-state index in [4.69, 9.17) is 0 Å². The molecule has 0 unspecified atom stereocenters.